The highest BCUT2D eigenvalue weighted by Crippen LogP contribution is 2.26. The van der Waals surface area contributed by atoms with Crippen LogP contribution >= 0.6 is 23.5 Å². The lowest BCUT2D eigenvalue weighted by molar-refractivity contribution is 0.373. The molecule has 30 heavy (non-hydrogen) atoms. The Balaban J connectivity index is 0.000000216. The fourth-order valence-corrected chi connectivity index (χ4v) is 3.81. The van der Waals surface area contributed by atoms with Gasteiger partial charge in [0.15, 0.2) is 5.65 Å². The molecular formula is C20H31N7OS2. The first-order valence-electron chi connectivity index (χ1n) is 9.49. The number of nitrogen functional groups attached to an aromatic ring is 1. The summed E-state index contributed by atoms with van der Waals surface area (Å²) in [7, 11) is 0. The lowest BCUT2D eigenvalue weighted by Gasteiger charge is -2.22. The predicted octanol–water partition coefficient (Wildman–Crippen LogP) is 3.91. The minimum Gasteiger partial charge on any atom is -0.368 e. The maximum Gasteiger partial charge on any atom is 0.349 e. The van der Waals surface area contributed by atoms with Crippen LogP contribution in [0.2, 0.25) is 0 Å². The monoisotopic (exact) mass is 449 g/mol. The van der Waals surface area contributed by atoms with Crippen LogP contribution in [0.5, 0.6) is 0 Å². The summed E-state index contributed by atoms with van der Waals surface area (Å²) in [5.74, 6) is 0.294. The molecule has 10 heteroatoms. The number of anilines is 1. The van der Waals surface area contributed by atoms with Gasteiger partial charge < -0.3 is 10.3 Å². The maximum absolute atomic E-state index is 11.6. The molecule has 0 saturated carbocycles. The second-order valence-corrected chi connectivity index (χ2v) is 10.4. The van der Waals surface area contributed by atoms with Gasteiger partial charge in [0.25, 0.3) is 0 Å². The van der Waals surface area contributed by atoms with Crippen LogP contribution in [0.25, 0.3) is 11.2 Å². The van der Waals surface area contributed by atoms with E-state index in [-0.39, 0.29) is 16.8 Å². The van der Waals surface area contributed by atoms with Crippen molar-refractivity contribution in [3.63, 3.8) is 0 Å². The smallest absolute Gasteiger partial charge is 0.349 e. The third kappa shape index (κ3) is 5.34. The van der Waals surface area contributed by atoms with Crippen LogP contribution in [0.4, 0.5) is 5.95 Å². The fourth-order valence-electron chi connectivity index (χ4n) is 2.74. The SMILES string of the molecule is CSc1nc(=O)n(C(C)(C)C)cc1C.CSc1nc(N)nc2c1ncn2C(C)(C)C. The zero-order chi connectivity index (χ0) is 22.9. The van der Waals surface area contributed by atoms with E-state index in [4.69, 9.17) is 5.73 Å². The Bertz CT molecular complexity index is 1090. The molecule has 3 heterocycles. The summed E-state index contributed by atoms with van der Waals surface area (Å²) >= 11 is 3.03. The summed E-state index contributed by atoms with van der Waals surface area (Å²) < 4.78 is 3.68. The van der Waals surface area contributed by atoms with Gasteiger partial charge in [0.2, 0.25) is 5.95 Å². The van der Waals surface area contributed by atoms with Crippen LogP contribution in [0, 0.1) is 6.92 Å². The van der Waals surface area contributed by atoms with Gasteiger partial charge in [-0.3, -0.25) is 4.57 Å². The molecule has 3 aromatic heterocycles. The van der Waals surface area contributed by atoms with Gasteiger partial charge in [0.1, 0.15) is 15.6 Å². The molecule has 3 aromatic rings. The number of imidazole rings is 1. The fraction of sp³-hybridized carbons (Fsp3) is 0.550. The highest BCUT2D eigenvalue weighted by atomic mass is 32.2. The molecule has 0 saturated heterocycles. The molecular weight excluding hydrogens is 418 g/mol. The van der Waals surface area contributed by atoms with E-state index in [0.29, 0.717) is 5.95 Å². The largest absolute Gasteiger partial charge is 0.368 e. The van der Waals surface area contributed by atoms with Gasteiger partial charge in [-0.1, -0.05) is 0 Å². The van der Waals surface area contributed by atoms with Gasteiger partial charge in [0, 0.05) is 17.3 Å². The summed E-state index contributed by atoms with van der Waals surface area (Å²) in [6.07, 6.45) is 7.55. The van der Waals surface area contributed by atoms with E-state index in [1.54, 1.807) is 10.9 Å². The highest BCUT2D eigenvalue weighted by Gasteiger charge is 2.19. The minimum atomic E-state index is -0.203. The van der Waals surface area contributed by atoms with E-state index in [2.05, 4.69) is 40.7 Å². The van der Waals surface area contributed by atoms with Crippen LogP contribution in [0.15, 0.2) is 27.4 Å². The Kier molecular flexibility index (Phi) is 7.24. The number of nitrogens with two attached hydrogens (primary N) is 1. The molecule has 8 nitrogen and oxygen atoms in total. The third-order valence-corrected chi connectivity index (χ3v) is 5.75. The van der Waals surface area contributed by atoms with Crippen molar-refractivity contribution >= 4 is 40.6 Å². The van der Waals surface area contributed by atoms with Crippen LogP contribution < -0.4 is 11.4 Å². The standard InChI is InChI=1S/C10H15N5S.C10H16N2OS/c1-10(2,3)15-5-12-6-7(15)13-9(11)14-8(6)16-4;1-7-6-12(10(2,3)4)9(13)11-8(7)14-5/h5H,1-4H3,(H2,11,13,14);6H,1-5H3. The topological polar surface area (TPSA) is 105 Å². The molecule has 0 aliphatic carbocycles. The van der Waals surface area contributed by atoms with Crippen molar-refractivity contribution in [3.8, 4) is 0 Å². The van der Waals surface area contributed by atoms with E-state index in [0.717, 1.165) is 26.8 Å². The van der Waals surface area contributed by atoms with E-state index in [1.807, 2.05) is 51.0 Å². The van der Waals surface area contributed by atoms with E-state index < -0.39 is 0 Å². The first-order valence-corrected chi connectivity index (χ1v) is 11.9. The molecule has 164 valence electrons. The van der Waals surface area contributed by atoms with Crippen molar-refractivity contribution in [1.29, 1.82) is 0 Å². The van der Waals surface area contributed by atoms with Crippen molar-refractivity contribution in [2.24, 2.45) is 0 Å². The predicted molar refractivity (Wildman–Crippen MR) is 127 cm³/mol. The summed E-state index contributed by atoms with van der Waals surface area (Å²) in [4.78, 5) is 28.5. The van der Waals surface area contributed by atoms with Crippen LogP contribution in [-0.2, 0) is 11.1 Å². The zero-order valence-electron chi connectivity index (χ0n) is 19.1. The Hall–Kier alpha value is -2.07. The number of thioether (sulfide) groups is 2. The number of aryl methyl sites for hydroxylation is 1. The van der Waals surface area contributed by atoms with Crippen molar-refractivity contribution in [2.45, 2.75) is 69.6 Å². The molecule has 0 bridgehead atoms. The number of hydrogen-bond donors (Lipinski definition) is 1. The van der Waals surface area contributed by atoms with Crippen LogP contribution in [0.1, 0.15) is 47.1 Å². The average Bonchev–Trinajstić information content (AvgIpc) is 3.06. The molecule has 0 radical (unpaired) electrons. The molecule has 0 spiro atoms. The number of nitrogens with zero attached hydrogens (tertiary/aromatic N) is 6. The van der Waals surface area contributed by atoms with E-state index in [9.17, 15) is 4.79 Å². The molecule has 0 atom stereocenters. The normalized spacial score (nSPS) is 12.0. The first kappa shape index (κ1) is 24.2. The number of aromatic nitrogens is 6. The molecule has 0 aliphatic heterocycles. The van der Waals surface area contributed by atoms with Gasteiger partial charge in [-0.05, 0) is 66.5 Å². The molecule has 0 fully saturated rings. The van der Waals surface area contributed by atoms with Crippen molar-refractivity contribution in [2.75, 3.05) is 18.2 Å². The highest BCUT2D eigenvalue weighted by molar-refractivity contribution is 7.98. The van der Waals surface area contributed by atoms with Gasteiger partial charge in [-0.15, -0.1) is 23.5 Å². The Morgan fingerprint density at radius 1 is 0.900 bits per heavy atom. The van der Waals surface area contributed by atoms with Crippen molar-refractivity contribution in [1.82, 2.24) is 29.1 Å². The van der Waals surface area contributed by atoms with Crippen molar-refractivity contribution < 1.29 is 0 Å². The zero-order valence-corrected chi connectivity index (χ0v) is 20.8. The molecule has 2 N–H and O–H groups in total. The van der Waals surface area contributed by atoms with Crippen LogP contribution in [0.3, 0.4) is 0 Å². The summed E-state index contributed by atoms with van der Waals surface area (Å²) in [5.41, 5.74) is 7.91. The van der Waals surface area contributed by atoms with Gasteiger partial charge >= 0.3 is 5.69 Å². The number of rotatable bonds is 2. The molecule has 0 aromatic carbocycles. The van der Waals surface area contributed by atoms with E-state index >= 15 is 0 Å². The summed E-state index contributed by atoms with van der Waals surface area (Å²) in [5, 5.41) is 1.64. The van der Waals surface area contributed by atoms with Crippen LogP contribution in [-0.4, -0.2) is 41.6 Å². The quantitative estimate of drug-likeness (QED) is 0.464. The first-order chi connectivity index (χ1) is 13.8. The Labute approximate surface area is 186 Å². The maximum atomic E-state index is 11.6. The van der Waals surface area contributed by atoms with E-state index in [1.165, 1.54) is 23.5 Å². The van der Waals surface area contributed by atoms with Gasteiger partial charge in [0.05, 0.1) is 6.33 Å². The Morgan fingerprint density at radius 3 is 1.97 bits per heavy atom. The summed E-state index contributed by atoms with van der Waals surface area (Å²) in [6, 6.07) is 0. The second kappa shape index (κ2) is 8.97. The summed E-state index contributed by atoms with van der Waals surface area (Å²) in [6.45, 7) is 14.3. The second-order valence-electron chi connectivity index (χ2n) is 8.81. The molecule has 0 aliphatic rings. The van der Waals surface area contributed by atoms with Crippen molar-refractivity contribution in [3.05, 3.63) is 28.6 Å². The average molecular weight is 450 g/mol. The molecule has 3 rings (SSSR count). The Morgan fingerprint density at radius 2 is 1.47 bits per heavy atom. The lowest BCUT2D eigenvalue weighted by atomic mass is 10.1. The number of fused-ring (bicyclic) bond motifs is 1. The van der Waals surface area contributed by atoms with Gasteiger partial charge in [-0.25, -0.2) is 14.8 Å². The molecule has 0 unspecified atom stereocenters. The number of hydrogen-bond acceptors (Lipinski definition) is 8. The minimum absolute atomic E-state index is 0.0643. The lowest BCUT2D eigenvalue weighted by Crippen LogP contribution is -2.35. The van der Waals surface area contributed by atoms with Gasteiger partial charge in [-0.2, -0.15) is 9.97 Å². The molecule has 0 amide bonds. The third-order valence-electron chi connectivity index (χ3n) is 4.28.